The summed E-state index contributed by atoms with van der Waals surface area (Å²) >= 11 is 0. The van der Waals surface area contributed by atoms with Crippen LogP contribution in [0.3, 0.4) is 0 Å². The molecule has 0 aliphatic heterocycles. The molecule has 2 atom stereocenters. The van der Waals surface area contributed by atoms with Crippen LogP contribution in [0, 0.1) is 11.8 Å². The normalized spacial score (nSPS) is 17.4. The van der Waals surface area contributed by atoms with Gasteiger partial charge >= 0.3 is 0 Å². The van der Waals surface area contributed by atoms with Gasteiger partial charge in [-0.1, -0.05) is 6.42 Å². The lowest BCUT2D eigenvalue weighted by atomic mass is 9.81. The molecule has 3 rings (SSSR count). The number of carbonyl (C=O) groups is 2. The molecule has 184 valence electrons. The molecule has 2 aromatic carbocycles. The number of methoxy groups -OCH3 is 4. The molecule has 0 spiro atoms. The Kier molecular flexibility index (Phi) is 9.01. The van der Waals surface area contributed by atoms with E-state index in [1.54, 1.807) is 64.8 Å². The van der Waals surface area contributed by atoms with Crippen LogP contribution in [0.5, 0.6) is 23.0 Å². The van der Waals surface area contributed by atoms with Crippen LogP contribution >= 0.6 is 0 Å². The Balaban J connectivity index is 1.49. The number of amides is 2. The van der Waals surface area contributed by atoms with Crippen molar-refractivity contribution in [1.29, 1.82) is 0 Å². The predicted octanol–water partition coefficient (Wildman–Crippen LogP) is 3.69. The van der Waals surface area contributed by atoms with Crippen molar-refractivity contribution in [3.63, 3.8) is 0 Å². The van der Waals surface area contributed by atoms with Crippen molar-refractivity contribution in [3.8, 4) is 23.0 Å². The zero-order valence-electron chi connectivity index (χ0n) is 20.3. The standard InChI is InChI=1S/C26H34N2O6/c1-31-21-10-8-19(13-23(21)33-3)25(29)27-15-17-6-5-7-18(12-17)16-28-26(30)20-9-11-22(32-2)24(14-20)34-4/h8-11,13-14,17-18H,5-7,12,15-16H2,1-4H3,(H,27,29)(H,28,30)/t17-,18-/m0/s1. The van der Waals surface area contributed by atoms with E-state index in [4.69, 9.17) is 18.9 Å². The van der Waals surface area contributed by atoms with Gasteiger partial charge in [0, 0.05) is 24.2 Å². The molecular weight excluding hydrogens is 436 g/mol. The van der Waals surface area contributed by atoms with Gasteiger partial charge in [-0.3, -0.25) is 9.59 Å². The summed E-state index contributed by atoms with van der Waals surface area (Å²) in [4.78, 5) is 25.2. The Hall–Kier alpha value is -3.42. The maximum absolute atomic E-state index is 12.6. The molecule has 1 saturated carbocycles. The highest BCUT2D eigenvalue weighted by Gasteiger charge is 2.23. The molecule has 0 heterocycles. The zero-order chi connectivity index (χ0) is 24.5. The average molecular weight is 471 g/mol. The number of ether oxygens (including phenoxy) is 4. The van der Waals surface area contributed by atoms with E-state index in [-0.39, 0.29) is 11.8 Å². The minimum absolute atomic E-state index is 0.134. The van der Waals surface area contributed by atoms with E-state index in [0.717, 1.165) is 25.7 Å². The molecule has 0 aromatic heterocycles. The summed E-state index contributed by atoms with van der Waals surface area (Å²) in [7, 11) is 6.22. The summed E-state index contributed by atoms with van der Waals surface area (Å²) in [5.41, 5.74) is 1.07. The van der Waals surface area contributed by atoms with Crippen LogP contribution in [0.25, 0.3) is 0 Å². The summed E-state index contributed by atoms with van der Waals surface area (Å²) < 4.78 is 21.0. The Morgan fingerprint density at radius 2 is 1.12 bits per heavy atom. The fourth-order valence-electron chi connectivity index (χ4n) is 4.41. The van der Waals surface area contributed by atoms with E-state index in [9.17, 15) is 9.59 Å². The van der Waals surface area contributed by atoms with Crippen molar-refractivity contribution in [2.45, 2.75) is 25.7 Å². The van der Waals surface area contributed by atoms with Crippen LogP contribution in [-0.4, -0.2) is 53.3 Å². The van der Waals surface area contributed by atoms with Gasteiger partial charge in [0.25, 0.3) is 11.8 Å². The molecule has 1 aliphatic carbocycles. The Morgan fingerprint density at radius 1 is 0.706 bits per heavy atom. The van der Waals surface area contributed by atoms with E-state index >= 15 is 0 Å². The van der Waals surface area contributed by atoms with E-state index in [1.165, 1.54) is 0 Å². The van der Waals surface area contributed by atoms with Crippen molar-refractivity contribution >= 4 is 11.8 Å². The highest BCUT2D eigenvalue weighted by molar-refractivity contribution is 5.95. The molecule has 34 heavy (non-hydrogen) atoms. The second-order valence-corrected chi connectivity index (χ2v) is 8.46. The summed E-state index contributed by atoms with van der Waals surface area (Å²) in [5, 5.41) is 6.09. The Bertz CT molecular complexity index is 916. The third-order valence-electron chi connectivity index (χ3n) is 6.29. The number of hydrogen-bond donors (Lipinski definition) is 2. The Morgan fingerprint density at radius 3 is 1.50 bits per heavy atom. The van der Waals surface area contributed by atoms with Crippen molar-refractivity contribution in [2.24, 2.45) is 11.8 Å². The first kappa shape index (κ1) is 25.2. The molecular formula is C26H34N2O6. The van der Waals surface area contributed by atoms with E-state index in [0.29, 0.717) is 59.1 Å². The first-order valence-electron chi connectivity index (χ1n) is 11.5. The van der Waals surface area contributed by atoms with Gasteiger partial charge in [0.05, 0.1) is 28.4 Å². The lowest BCUT2D eigenvalue weighted by Crippen LogP contribution is -2.35. The fourth-order valence-corrected chi connectivity index (χ4v) is 4.41. The van der Waals surface area contributed by atoms with Gasteiger partial charge in [0.2, 0.25) is 0 Å². The third-order valence-corrected chi connectivity index (χ3v) is 6.29. The van der Waals surface area contributed by atoms with Crippen LogP contribution in [-0.2, 0) is 0 Å². The zero-order valence-corrected chi connectivity index (χ0v) is 20.3. The third kappa shape index (κ3) is 6.34. The molecule has 0 bridgehead atoms. The summed E-state index contributed by atoms with van der Waals surface area (Å²) in [6.07, 6.45) is 4.16. The highest BCUT2D eigenvalue weighted by Crippen LogP contribution is 2.30. The Labute approximate surface area is 200 Å². The predicted molar refractivity (Wildman–Crippen MR) is 129 cm³/mol. The largest absolute Gasteiger partial charge is 0.493 e. The van der Waals surface area contributed by atoms with Crippen LogP contribution in [0.4, 0.5) is 0 Å². The quantitative estimate of drug-likeness (QED) is 0.550. The van der Waals surface area contributed by atoms with Gasteiger partial charge in [0.15, 0.2) is 23.0 Å². The van der Waals surface area contributed by atoms with Crippen molar-refractivity contribution in [2.75, 3.05) is 41.5 Å². The number of carbonyl (C=O) groups excluding carboxylic acids is 2. The van der Waals surface area contributed by atoms with E-state index < -0.39 is 0 Å². The first-order valence-corrected chi connectivity index (χ1v) is 11.5. The number of rotatable bonds is 10. The lowest BCUT2D eigenvalue weighted by molar-refractivity contribution is 0.0935. The SMILES string of the molecule is COc1ccc(C(=O)NC[C@H]2CCC[C@H](CNC(=O)c3ccc(OC)c(OC)c3)C2)cc1OC. The molecule has 2 N–H and O–H groups in total. The van der Waals surface area contributed by atoms with Crippen LogP contribution in [0.1, 0.15) is 46.4 Å². The molecule has 0 radical (unpaired) electrons. The van der Waals surface area contributed by atoms with Crippen LogP contribution in [0.15, 0.2) is 36.4 Å². The van der Waals surface area contributed by atoms with Gasteiger partial charge in [-0.15, -0.1) is 0 Å². The second kappa shape index (κ2) is 12.2. The molecule has 2 amide bonds. The average Bonchev–Trinajstić information content (AvgIpc) is 2.89. The minimum atomic E-state index is -0.134. The maximum Gasteiger partial charge on any atom is 0.251 e. The van der Waals surface area contributed by atoms with Gasteiger partial charge in [0.1, 0.15) is 0 Å². The molecule has 8 heteroatoms. The van der Waals surface area contributed by atoms with Crippen molar-refractivity contribution in [3.05, 3.63) is 47.5 Å². The summed E-state index contributed by atoms with van der Waals surface area (Å²) in [5.74, 6) is 2.71. The molecule has 8 nitrogen and oxygen atoms in total. The van der Waals surface area contributed by atoms with Crippen LogP contribution < -0.4 is 29.6 Å². The van der Waals surface area contributed by atoms with Crippen molar-refractivity contribution in [1.82, 2.24) is 10.6 Å². The summed E-state index contributed by atoms with van der Waals surface area (Å²) in [6, 6.07) is 10.3. The van der Waals surface area contributed by atoms with Gasteiger partial charge in [-0.2, -0.15) is 0 Å². The van der Waals surface area contributed by atoms with E-state index in [2.05, 4.69) is 10.6 Å². The molecule has 1 fully saturated rings. The van der Waals surface area contributed by atoms with Crippen molar-refractivity contribution < 1.29 is 28.5 Å². The topological polar surface area (TPSA) is 95.1 Å². The van der Waals surface area contributed by atoms with Gasteiger partial charge in [-0.05, 0) is 67.5 Å². The molecule has 1 aliphatic rings. The van der Waals surface area contributed by atoms with Gasteiger partial charge in [-0.25, -0.2) is 0 Å². The lowest BCUT2D eigenvalue weighted by Gasteiger charge is -2.29. The fraction of sp³-hybridized carbons (Fsp3) is 0.462. The number of hydrogen-bond acceptors (Lipinski definition) is 6. The molecule has 0 unspecified atom stereocenters. The minimum Gasteiger partial charge on any atom is -0.493 e. The second-order valence-electron chi connectivity index (χ2n) is 8.46. The number of nitrogens with one attached hydrogen (secondary N) is 2. The molecule has 0 saturated heterocycles. The highest BCUT2D eigenvalue weighted by atomic mass is 16.5. The smallest absolute Gasteiger partial charge is 0.251 e. The molecule has 2 aromatic rings. The van der Waals surface area contributed by atoms with Crippen LogP contribution in [0.2, 0.25) is 0 Å². The number of benzene rings is 2. The monoisotopic (exact) mass is 470 g/mol. The van der Waals surface area contributed by atoms with Gasteiger partial charge < -0.3 is 29.6 Å². The maximum atomic E-state index is 12.6. The summed E-state index contributed by atoms with van der Waals surface area (Å²) in [6.45, 7) is 1.21. The first-order chi connectivity index (χ1) is 16.5. The van der Waals surface area contributed by atoms with E-state index in [1.807, 2.05) is 0 Å².